The molecule has 1 N–H and O–H groups in total. The Balaban J connectivity index is 1.92. The summed E-state index contributed by atoms with van der Waals surface area (Å²) < 4.78 is 5.23. The third kappa shape index (κ3) is 4.32. The summed E-state index contributed by atoms with van der Waals surface area (Å²) in [5.41, 5.74) is 1.70. The molecule has 0 fully saturated rings. The molecule has 0 aliphatic rings. The molecule has 1 aromatic heterocycles. The number of methoxy groups -OCH3 is 1. The molecule has 0 amide bonds. The number of aryl methyl sites for hydroxylation is 1. The fraction of sp³-hybridized carbons (Fsp3) is 0.353. The van der Waals surface area contributed by atoms with Crippen LogP contribution in [0.2, 0.25) is 0 Å². The number of hydrogen-bond donors (Lipinski definition) is 1. The maximum Gasteiger partial charge on any atom is 0.136 e. The van der Waals surface area contributed by atoms with Crippen LogP contribution in [0.5, 0.6) is 5.75 Å². The molecular formula is C17H20N2OS. The van der Waals surface area contributed by atoms with Crippen molar-refractivity contribution in [3.8, 4) is 11.8 Å². The monoisotopic (exact) mass is 300 g/mol. The highest BCUT2D eigenvalue weighted by atomic mass is 32.1. The Kier molecular flexibility index (Phi) is 5.38. The fourth-order valence-corrected chi connectivity index (χ4v) is 3.22. The van der Waals surface area contributed by atoms with Gasteiger partial charge in [-0.15, -0.1) is 11.3 Å². The van der Waals surface area contributed by atoms with Gasteiger partial charge in [0.15, 0.2) is 0 Å². The maximum absolute atomic E-state index is 8.98. The van der Waals surface area contributed by atoms with Crippen LogP contribution in [0.4, 0.5) is 0 Å². The first kappa shape index (κ1) is 15.6. The van der Waals surface area contributed by atoms with Crippen LogP contribution in [-0.2, 0) is 13.0 Å². The lowest BCUT2D eigenvalue weighted by atomic mass is 10.1. The highest BCUT2D eigenvalue weighted by Crippen LogP contribution is 2.20. The molecule has 1 unspecified atom stereocenters. The molecule has 3 nitrogen and oxygen atoms in total. The molecular weight excluding hydrogens is 280 g/mol. The van der Waals surface area contributed by atoms with Gasteiger partial charge in [-0.3, -0.25) is 0 Å². The van der Waals surface area contributed by atoms with E-state index >= 15 is 0 Å². The molecule has 4 heteroatoms. The molecule has 1 aromatic carbocycles. The Morgan fingerprint density at radius 3 is 2.76 bits per heavy atom. The largest absolute Gasteiger partial charge is 0.495 e. The number of rotatable bonds is 6. The van der Waals surface area contributed by atoms with E-state index in [2.05, 4.69) is 37.4 Å². The van der Waals surface area contributed by atoms with Gasteiger partial charge in [-0.1, -0.05) is 6.07 Å². The highest BCUT2D eigenvalue weighted by Gasteiger charge is 2.07. The van der Waals surface area contributed by atoms with E-state index in [1.54, 1.807) is 7.11 Å². The van der Waals surface area contributed by atoms with Crippen LogP contribution in [0.25, 0.3) is 0 Å². The summed E-state index contributed by atoms with van der Waals surface area (Å²) in [4.78, 5) is 2.76. The van der Waals surface area contributed by atoms with Crippen molar-refractivity contribution in [2.75, 3.05) is 7.11 Å². The number of nitriles is 1. The summed E-state index contributed by atoms with van der Waals surface area (Å²) in [6, 6.07) is 12.6. The zero-order chi connectivity index (χ0) is 15.2. The summed E-state index contributed by atoms with van der Waals surface area (Å²) in [5.74, 6) is 0.637. The van der Waals surface area contributed by atoms with E-state index < -0.39 is 0 Å². The second-order valence-corrected chi connectivity index (χ2v) is 6.52. The van der Waals surface area contributed by atoms with Crippen LogP contribution < -0.4 is 10.1 Å². The van der Waals surface area contributed by atoms with E-state index in [0.29, 0.717) is 17.4 Å². The molecule has 0 aliphatic carbocycles. The minimum absolute atomic E-state index is 0.407. The zero-order valence-electron chi connectivity index (χ0n) is 12.6. The van der Waals surface area contributed by atoms with Crippen molar-refractivity contribution in [1.29, 1.82) is 5.26 Å². The number of nitrogens with zero attached hydrogens (tertiary/aromatic N) is 1. The second-order valence-electron chi connectivity index (χ2n) is 5.14. The first-order valence-corrected chi connectivity index (χ1v) is 7.79. The number of nitrogens with one attached hydrogen (secondary N) is 1. The first-order valence-electron chi connectivity index (χ1n) is 6.98. The fourth-order valence-electron chi connectivity index (χ4n) is 2.20. The summed E-state index contributed by atoms with van der Waals surface area (Å²) in [5, 5.41) is 12.5. The molecule has 0 bridgehead atoms. The van der Waals surface area contributed by atoms with Crippen LogP contribution in [0.1, 0.15) is 27.8 Å². The number of thiophene rings is 1. The summed E-state index contributed by atoms with van der Waals surface area (Å²) in [7, 11) is 1.59. The average Bonchev–Trinajstić information content (AvgIpc) is 2.89. The molecule has 0 spiro atoms. The molecule has 0 saturated heterocycles. The van der Waals surface area contributed by atoms with Gasteiger partial charge < -0.3 is 10.1 Å². The van der Waals surface area contributed by atoms with Gasteiger partial charge in [0, 0.05) is 22.3 Å². The second kappa shape index (κ2) is 7.26. The molecule has 21 heavy (non-hydrogen) atoms. The summed E-state index contributed by atoms with van der Waals surface area (Å²) in [6.45, 7) is 5.10. The topological polar surface area (TPSA) is 45.0 Å². The molecule has 0 aliphatic heterocycles. The van der Waals surface area contributed by atoms with Crippen LogP contribution in [0.15, 0.2) is 30.3 Å². The predicted molar refractivity (Wildman–Crippen MR) is 86.8 cm³/mol. The van der Waals surface area contributed by atoms with Gasteiger partial charge in [0.2, 0.25) is 0 Å². The van der Waals surface area contributed by atoms with Gasteiger partial charge in [0.25, 0.3) is 0 Å². The Morgan fingerprint density at radius 1 is 1.33 bits per heavy atom. The van der Waals surface area contributed by atoms with E-state index in [9.17, 15) is 0 Å². The van der Waals surface area contributed by atoms with E-state index in [-0.39, 0.29) is 0 Å². The van der Waals surface area contributed by atoms with Crippen molar-refractivity contribution in [2.24, 2.45) is 0 Å². The van der Waals surface area contributed by atoms with Gasteiger partial charge >= 0.3 is 0 Å². The van der Waals surface area contributed by atoms with Crippen molar-refractivity contribution in [1.82, 2.24) is 5.32 Å². The van der Waals surface area contributed by atoms with E-state index in [1.165, 1.54) is 9.75 Å². The Bertz CT molecular complexity index is 642. The van der Waals surface area contributed by atoms with E-state index in [4.69, 9.17) is 10.00 Å². The highest BCUT2D eigenvalue weighted by molar-refractivity contribution is 7.11. The molecule has 0 saturated carbocycles. The van der Waals surface area contributed by atoms with Gasteiger partial charge in [0.1, 0.15) is 11.8 Å². The molecule has 0 radical (unpaired) electrons. The van der Waals surface area contributed by atoms with E-state index in [0.717, 1.165) is 18.5 Å². The Morgan fingerprint density at radius 2 is 2.14 bits per heavy atom. The number of ether oxygens (including phenoxy) is 1. The summed E-state index contributed by atoms with van der Waals surface area (Å²) >= 11 is 1.85. The van der Waals surface area contributed by atoms with Crippen LogP contribution in [0, 0.1) is 18.3 Å². The average molecular weight is 300 g/mol. The van der Waals surface area contributed by atoms with Crippen molar-refractivity contribution < 1.29 is 4.74 Å². The normalized spacial score (nSPS) is 11.9. The van der Waals surface area contributed by atoms with Crippen molar-refractivity contribution in [3.05, 3.63) is 51.2 Å². The quantitative estimate of drug-likeness (QED) is 0.885. The van der Waals surface area contributed by atoms with Gasteiger partial charge in [-0.25, -0.2) is 0 Å². The smallest absolute Gasteiger partial charge is 0.136 e. The summed E-state index contributed by atoms with van der Waals surface area (Å²) in [6.07, 6.45) is 1.03. The number of hydrogen-bond acceptors (Lipinski definition) is 4. The predicted octanol–water partition coefficient (Wildman–Crippen LogP) is 3.66. The lowest BCUT2D eigenvalue weighted by Gasteiger charge is -2.13. The van der Waals surface area contributed by atoms with Crippen molar-refractivity contribution in [3.63, 3.8) is 0 Å². The third-order valence-electron chi connectivity index (χ3n) is 3.34. The first-order chi connectivity index (χ1) is 10.1. The van der Waals surface area contributed by atoms with Gasteiger partial charge in [0.05, 0.1) is 12.7 Å². The molecule has 110 valence electrons. The van der Waals surface area contributed by atoms with E-state index in [1.807, 2.05) is 29.5 Å². The van der Waals surface area contributed by atoms with Crippen molar-refractivity contribution in [2.45, 2.75) is 32.9 Å². The third-order valence-corrected chi connectivity index (χ3v) is 4.37. The lowest BCUT2D eigenvalue weighted by molar-refractivity contribution is 0.412. The zero-order valence-corrected chi connectivity index (χ0v) is 13.5. The Labute approximate surface area is 130 Å². The molecule has 2 aromatic rings. The molecule has 2 rings (SSSR count). The number of benzene rings is 1. The van der Waals surface area contributed by atoms with Gasteiger partial charge in [-0.2, -0.15) is 5.26 Å². The SMILES string of the molecule is COc1cc(CNC(C)Cc2ccc(C)s2)ccc1C#N. The lowest BCUT2D eigenvalue weighted by Crippen LogP contribution is -2.27. The standard InChI is InChI=1S/C17H20N2OS/c1-12(8-16-7-4-13(2)21-16)19-11-14-5-6-15(10-18)17(9-14)20-3/h4-7,9,12,19H,8,11H2,1-3H3. The maximum atomic E-state index is 8.98. The minimum atomic E-state index is 0.407. The Hall–Kier alpha value is -1.83. The van der Waals surface area contributed by atoms with Crippen molar-refractivity contribution >= 4 is 11.3 Å². The van der Waals surface area contributed by atoms with Crippen LogP contribution >= 0.6 is 11.3 Å². The van der Waals surface area contributed by atoms with Crippen LogP contribution in [0.3, 0.4) is 0 Å². The minimum Gasteiger partial charge on any atom is -0.495 e. The van der Waals surface area contributed by atoms with Gasteiger partial charge in [-0.05, 0) is 50.1 Å². The molecule has 1 atom stereocenters. The molecule has 1 heterocycles. The van der Waals surface area contributed by atoms with Crippen LogP contribution in [-0.4, -0.2) is 13.2 Å².